The number of rotatable bonds is 5. The first kappa shape index (κ1) is 22.4. The summed E-state index contributed by atoms with van der Waals surface area (Å²) in [6.07, 6.45) is 2.18. The molecule has 0 aromatic heterocycles. The maximum absolute atomic E-state index is 13.7. The molecule has 32 heavy (non-hydrogen) atoms. The van der Waals surface area contributed by atoms with Crippen LogP contribution in [0.4, 0.5) is 5.69 Å². The summed E-state index contributed by atoms with van der Waals surface area (Å²) < 4.78 is 5.75. The van der Waals surface area contributed by atoms with E-state index in [1.54, 1.807) is 12.1 Å². The average molecular weight is 453 g/mol. The number of likely N-dealkylation sites (tertiary alicyclic amines) is 1. The fourth-order valence-corrected chi connectivity index (χ4v) is 4.65. The molecule has 0 aliphatic carbocycles. The minimum Gasteiger partial charge on any atom is -0.491 e. The van der Waals surface area contributed by atoms with Crippen LogP contribution in [0.15, 0.2) is 48.2 Å². The van der Waals surface area contributed by atoms with Crippen molar-refractivity contribution >= 4 is 34.7 Å². The number of carbonyl (C=O) groups excluding carboxylic acids is 2. The largest absolute Gasteiger partial charge is 0.491 e. The normalized spacial score (nSPS) is 19.4. The molecule has 0 spiro atoms. The van der Waals surface area contributed by atoms with Gasteiger partial charge in [0.1, 0.15) is 11.4 Å². The molecule has 1 atom stereocenters. The number of aryl methyl sites for hydroxylation is 1. The van der Waals surface area contributed by atoms with E-state index in [4.69, 9.17) is 16.3 Å². The van der Waals surface area contributed by atoms with Crippen molar-refractivity contribution in [2.24, 2.45) is 5.92 Å². The van der Waals surface area contributed by atoms with Gasteiger partial charge < -0.3 is 9.64 Å². The van der Waals surface area contributed by atoms with Gasteiger partial charge in [-0.05, 0) is 74.9 Å². The molecular weight excluding hydrogens is 424 g/mol. The monoisotopic (exact) mass is 452 g/mol. The SMILES string of the molecule is Cc1ccc(Cl)cc1N1C(=O)C(c2ccc(OC(C)C)cc2)=C(N2CCCC(C)C2)C1=O. The van der Waals surface area contributed by atoms with E-state index in [1.807, 2.05) is 51.1 Å². The van der Waals surface area contributed by atoms with Gasteiger partial charge in [0, 0.05) is 18.1 Å². The highest BCUT2D eigenvalue weighted by Gasteiger charge is 2.43. The van der Waals surface area contributed by atoms with E-state index >= 15 is 0 Å². The van der Waals surface area contributed by atoms with Crippen molar-refractivity contribution in [3.63, 3.8) is 0 Å². The molecule has 0 radical (unpaired) electrons. The highest BCUT2D eigenvalue weighted by molar-refractivity contribution is 6.45. The zero-order valence-electron chi connectivity index (χ0n) is 19.0. The van der Waals surface area contributed by atoms with Crippen LogP contribution < -0.4 is 9.64 Å². The summed E-state index contributed by atoms with van der Waals surface area (Å²) in [5.74, 6) is 0.596. The second-order valence-electron chi connectivity index (χ2n) is 8.98. The average Bonchev–Trinajstić information content (AvgIpc) is 3.00. The van der Waals surface area contributed by atoms with Gasteiger partial charge in [-0.15, -0.1) is 0 Å². The van der Waals surface area contributed by atoms with Gasteiger partial charge in [0.25, 0.3) is 11.8 Å². The number of nitrogens with zero attached hydrogens (tertiary/aromatic N) is 2. The minimum atomic E-state index is -0.314. The molecule has 168 valence electrons. The molecule has 0 bridgehead atoms. The minimum absolute atomic E-state index is 0.0569. The summed E-state index contributed by atoms with van der Waals surface area (Å²) >= 11 is 6.22. The quantitative estimate of drug-likeness (QED) is 0.566. The Hall–Kier alpha value is -2.79. The molecule has 0 N–H and O–H groups in total. The third-order valence-corrected chi connectivity index (χ3v) is 6.19. The summed E-state index contributed by atoms with van der Waals surface area (Å²) in [6, 6.07) is 12.7. The molecule has 0 saturated carbocycles. The Labute approximate surface area is 194 Å². The predicted molar refractivity (Wildman–Crippen MR) is 128 cm³/mol. The number of carbonyl (C=O) groups is 2. The van der Waals surface area contributed by atoms with Crippen molar-refractivity contribution in [3.8, 4) is 5.75 Å². The van der Waals surface area contributed by atoms with Crippen LogP contribution in [0.3, 0.4) is 0 Å². The molecule has 2 aliphatic heterocycles. The molecule has 2 aromatic carbocycles. The predicted octanol–water partition coefficient (Wildman–Crippen LogP) is 5.45. The lowest BCUT2D eigenvalue weighted by Gasteiger charge is -2.33. The van der Waals surface area contributed by atoms with Crippen LogP contribution in [-0.2, 0) is 9.59 Å². The van der Waals surface area contributed by atoms with E-state index in [1.165, 1.54) is 4.90 Å². The Bertz CT molecular complexity index is 1070. The summed E-state index contributed by atoms with van der Waals surface area (Å²) in [5, 5.41) is 0.489. The number of anilines is 1. The van der Waals surface area contributed by atoms with Crippen molar-refractivity contribution in [1.29, 1.82) is 0 Å². The third-order valence-electron chi connectivity index (χ3n) is 5.96. The number of imide groups is 1. The highest BCUT2D eigenvalue weighted by atomic mass is 35.5. The lowest BCUT2D eigenvalue weighted by molar-refractivity contribution is -0.120. The maximum Gasteiger partial charge on any atom is 0.282 e. The number of hydrogen-bond acceptors (Lipinski definition) is 4. The van der Waals surface area contributed by atoms with Crippen LogP contribution in [0, 0.1) is 12.8 Å². The second-order valence-corrected chi connectivity index (χ2v) is 9.42. The Morgan fingerprint density at radius 3 is 2.44 bits per heavy atom. The number of halogens is 1. The van der Waals surface area contributed by atoms with Crippen molar-refractivity contribution in [2.45, 2.75) is 46.6 Å². The third kappa shape index (κ3) is 4.26. The van der Waals surface area contributed by atoms with Gasteiger partial charge in [-0.1, -0.05) is 36.7 Å². The van der Waals surface area contributed by atoms with Crippen molar-refractivity contribution in [3.05, 3.63) is 64.3 Å². The lowest BCUT2D eigenvalue weighted by Crippen LogP contribution is -2.39. The number of hydrogen-bond donors (Lipinski definition) is 0. The number of amides is 2. The van der Waals surface area contributed by atoms with Gasteiger partial charge in [-0.25, -0.2) is 4.90 Å². The first-order chi connectivity index (χ1) is 15.3. The molecule has 5 nitrogen and oxygen atoms in total. The van der Waals surface area contributed by atoms with Crippen LogP contribution in [0.1, 0.15) is 44.7 Å². The summed E-state index contributed by atoms with van der Waals surface area (Å²) in [6.45, 7) is 9.52. The van der Waals surface area contributed by atoms with E-state index < -0.39 is 0 Å². The van der Waals surface area contributed by atoms with Crippen LogP contribution in [0.25, 0.3) is 5.57 Å². The first-order valence-electron chi connectivity index (χ1n) is 11.2. The number of piperidine rings is 1. The van der Waals surface area contributed by atoms with Crippen molar-refractivity contribution in [1.82, 2.24) is 4.90 Å². The van der Waals surface area contributed by atoms with Gasteiger partial charge in [0.05, 0.1) is 17.4 Å². The van der Waals surface area contributed by atoms with Crippen LogP contribution in [0.5, 0.6) is 5.75 Å². The van der Waals surface area contributed by atoms with E-state index in [9.17, 15) is 9.59 Å². The summed E-state index contributed by atoms with van der Waals surface area (Å²) in [5.41, 5.74) is 3.00. The van der Waals surface area contributed by atoms with E-state index in [-0.39, 0.29) is 17.9 Å². The molecule has 2 aromatic rings. The van der Waals surface area contributed by atoms with E-state index in [0.29, 0.717) is 27.9 Å². The van der Waals surface area contributed by atoms with Crippen LogP contribution >= 0.6 is 11.6 Å². The van der Waals surface area contributed by atoms with E-state index in [0.717, 1.165) is 42.8 Å². The first-order valence-corrected chi connectivity index (χ1v) is 11.5. The van der Waals surface area contributed by atoms with Gasteiger partial charge in [-0.2, -0.15) is 0 Å². The number of ether oxygens (including phenoxy) is 1. The van der Waals surface area contributed by atoms with Gasteiger partial charge >= 0.3 is 0 Å². The van der Waals surface area contributed by atoms with Crippen molar-refractivity contribution < 1.29 is 14.3 Å². The zero-order valence-corrected chi connectivity index (χ0v) is 19.8. The van der Waals surface area contributed by atoms with Gasteiger partial charge in [0.2, 0.25) is 0 Å². The molecule has 6 heteroatoms. The second kappa shape index (κ2) is 8.99. The molecule has 2 aliphatic rings. The zero-order chi connectivity index (χ0) is 23.0. The number of benzene rings is 2. The van der Waals surface area contributed by atoms with Crippen LogP contribution in [-0.4, -0.2) is 35.9 Å². The standard InChI is InChI=1S/C26H29ClN2O3/c1-16(2)32-21-11-8-19(9-12-21)23-24(28-13-5-6-17(3)15-28)26(31)29(25(23)30)22-14-20(27)10-7-18(22)4/h7-12,14,16-17H,5-6,13,15H2,1-4H3. The summed E-state index contributed by atoms with van der Waals surface area (Å²) in [4.78, 5) is 30.8. The molecule has 4 rings (SSSR count). The molecule has 1 fully saturated rings. The highest BCUT2D eigenvalue weighted by Crippen LogP contribution is 2.38. The summed E-state index contributed by atoms with van der Waals surface area (Å²) in [7, 11) is 0. The Morgan fingerprint density at radius 2 is 1.78 bits per heavy atom. The lowest BCUT2D eigenvalue weighted by atomic mass is 9.97. The van der Waals surface area contributed by atoms with Gasteiger partial charge in [-0.3, -0.25) is 9.59 Å². The Balaban J connectivity index is 1.80. The smallest absolute Gasteiger partial charge is 0.282 e. The fourth-order valence-electron chi connectivity index (χ4n) is 4.48. The molecule has 1 saturated heterocycles. The Kier molecular flexibility index (Phi) is 6.29. The topological polar surface area (TPSA) is 49.9 Å². The molecule has 2 amide bonds. The molecular formula is C26H29ClN2O3. The maximum atomic E-state index is 13.7. The Morgan fingerprint density at radius 1 is 1.06 bits per heavy atom. The fraction of sp³-hybridized carbons (Fsp3) is 0.385. The van der Waals surface area contributed by atoms with E-state index in [2.05, 4.69) is 11.8 Å². The van der Waals surface area contributed by atoms with Gasteiger partial charge in [0.15, 0.2) is 0 Å². The van der Waals surface area contributed by atoms with Crippen LogP contribution in [0.2, 0.25) is 5.02 Å². The molecule has 2 heterocycles. The van der Waals surface area contributed by atoms with Crippen molar-refractivity contribution in [2.75, 3.05) is 18.0 Å². The molecule has 1 unspecified atom stereocenters.